The predicted octanol–water partition coefficient (Wildman–Crippen LogP) is 2.43. The molecule has 1 aromatic rings. The molecule has 0 atom stereocenters. The Morgan fingerprint density at radius 2 is 1.71 bits per heavy atom. The third-order valence-electron chi connectivity index (χ3n) is 5.37. The van der Waals surface area contributed by atoms with Gasteiger partial charge in [0, 0.05) is 11.7 Å². The van der Waals surface area contributed by atoms with Gasteiger partial charge in [-0.15, -0.1) is 0 Å². The lowest BCUT2D eigenvalue weighted by atomic mass is 10.0. The first-order valence-electron chi connectivity index (χ1n) is 9.78. The van der Waals surface area contributed by atoms with Gasteiger partial charge in [-0.2, -0.15) is 0 Å². The minimum Gasteiger partial charge on any atom is -0.312 e. The van der Waals surface area contributed by atoms with Crippen LogP contribution in [0.25, 0.3) is 0 Å². The molecule has 1 aromatic carbocycles. The van der Waals surface area contributed by atoms with Crippen LogP contribution in [0.5, 0.6) is 0 Å². The Kier molecular flexibility index (Phi) is 4.98. The van der Waals surface area contributed by atoms with E-state index in [1.165, 1.54) is 0 Å². The number of nitrogens with zero attached hydrogens (tertiary/aromatic N) is 3. The number of rotatable bonds is 6. The number of imide groups is 2. The highest BCUT2D eigenvalue weighted by Gasteiger charge is 2.46. The number of urea groups is 1. The Balaban J connectivity index is 1.48. The molecular formula is C21H23N3O4. The number of benzene rings is 1. The largest absolute Gasteiger partial charge is 0.335 e. The number of hydrogen-bond donors (Lipinski definition) is 0. The smallest absolute Gasteiger partial charge is 0.312 e. The summed E-state index contributed by atoms with van der Waals surface area (Å²) in [5.74, 6) is -2.09. The minimum absolute atomic E-state index is 0.0203. The second-order valence-corrected chi connectivity index (χ2v) is 7.49. The maximum absolute atomic E-state index is 13.0. The predicted molar refractivity (Wildman–Crippen MR) is 101 cm³/mol. The van der Waals surface area contributed by atoms with Crippen molar-refractivity contribution in [1.29, 1.82) is 0 Å². The zero-order valence-electron chi connectivity index (χ0n) is 15.7. The van der Waals surface area contributed by atoms with Crippen molar-refractivity contribution in [2.75, 3.05) is 6.54 Å². The molecule has 2 aliphatic carbocycles. The molecule has 1 saturated carbocycles. The molecule has 2 fully saturated rings. The highest BCUT2D eigenvalue weighted by atomic mass is 16.2. The topological polar surface area (TPSA) is 78.0 Å². The Bertz CT molecular complexity index is 844. The lowest BCUT2D eigenvalue weighted by Gasteiger charge is -2.29. The molecule has 1 heterocycles. The highest BCUT2D eigenvalue weighted by Crippen LogP contribution is 2.34. The Morgan fingerprint density at radius 3 is 2.36 bits per heavy atom. The molecule has 0 bridgehead atoms. The van der Waals surface area contributed by atoms with Gasteiger partial charge in [0.05, 0.1) is 6.54 Å². The van der Waals surface area contributed by atoms with Crippen molar-refractivity contribution < 1.29 is 19.2 Å². The van der Waals surface area contributed by atoms with Gasteiger partial charge >= 0.3 is 17.8 Å². The van der Waals surface area contributed by atoms with Gasteiger partial charge in [0.25, 0.3) is 0 Å². The summed E-state index contributed by atoms with van der Waals surface area (Å²) in [5, 5.41) is 0. The number of amides is 5. The van der Waals surface area contributed by atoms with E-state index in [-0.39, 0.29) is 25.0 Å². The molecule has 28 heavy (non-hydrogen) atoms. The molecule has 7 heteroatoms. The summed E-state index contributed by atoms with van der Waals surface area (Å²) in [6.45, 7) is -0.366. The fraction of sp³-hybridized carbons (Fsp3) is 0.429. The Hall–Kier alpha value is -2.96. The van der Waals surface area contributed by atoms with Crippen LogP contribution in [-0.4, -0.2) is 51.0 Å². The van der Waals surface area contributed by atoms with Crippen molar-refractivity contribution in [3.05, 3.63) is 47.7 Å². The van der Waals surface area contributed by atoms with Crippen molar-refractivity contribution in [3.63, 3.8) is 0 Å². The third kappa shape index (κ3) is 3.56. The molecule has 0 radical (unpaired) electrons. The van der Waals surface area contributed by atoms with Gasteiger partial charge < -0.3 is 4.90 Å². The molecule has 7 nitrogen and oxygen atoms in total. The van der Waals surface area contributed by atoms with Crippen LogP contribution in [0.15, 0.2) is 42.1 Å². The lowest BCUT2D eigenvalue weighted by molar-refractivity contribution is -0.144. The third-order valence-corrected chi connectivity index (χ3v) is 5.37. The molecular weight excluding hydrogens is 358 g/mol. The average molecular weight is 381 g/mol. The summed E-state index contributed by atoms with van der Waals surface area (Å²) in [7, 11) is 0. The van der Waals surface area contributed by atoms with Gasteiger partial charge in [0.1, 0.15) is 6.54 Å². The zero-order chi connectivity index (χ0) is 19.7. The van der Waals surface area contributed by atoms with Gasteiger partial charge in [-0.1, -0.05) is 36.4 Å². The van der Waals surface area contributed by atoms with E-state index in [4.69, 9.17) is 0 Å². The first-order valence-corrected chi connectivity index (χ1v) is 9.78. The number of carbonyl (C=O) groups is 4. The number of carbonyl (C=O) groups excluding carboxylic acids is 4. The Labute approximate surface area is 163 Å². The van der Waals surface area contributed by atoms with Crippen molar-refractivity contribution >= 4 is 23.8 Å². The summed E-state index contributed by atoms with van der Waals surface area (Å²) >= 11 is 0. The van der Waals surface area contributed by atoms with E-state index in [0.717, 1.165) is 59.6 Å². The van der Waals surface area contributed by atoms with Crippen LogP contribution in [0.4, 0.5) is 4.79 Å². The summed E-state index contributed by atoms with van der Waals surface area (Å²) in [5.41, 5.74) is 1.74. The van der Waals surface area contributed by atoms with Gasteiger partial charge in [0.2, 0.25) is 5.91 Å². The van der Waals surface area contributed by atoms with Crippen molar-refractivity contribution in [2.24, 2.45) is 0 Å². The molecule has 3 aliphatic rings. The van der Waals surface area contributed by atoms with E-state index in [2.05, 4.69) is 6.08 Å². The standard InChI is InChI=1S/C21H23N3O4/c25-18(24(17-11-12-17)16-9-5-2-6-10-16)14-23-20(27)19(26)22(21(23)28)13-15-7-3-1-4-8-15/h1,3-4,7-9,17H,2,5-6,10-14H2. The average Bonchev–Trinajstić information content (AvgIpc) is 3.52. The van der Waals surface area contributed by atoms with E-state index in [1.54, 1.807) is 29.2 Å². The second kappa shape index (κ2) is 7.58. The summed E-state index contributed by atoms with van der Waals surface area (Å²) in [6.07, 6.45) is 7.88. The van der Waals surface area contributed by atoms with Crippen LogP contribution in [-0.2, 0) is 20.9 Å². The molecule has 0 N–H and O–H groups in total. The second-order valence-electron chi connectivity index (χ2n) is 7.49. The van der Waals surface area contributed by atoms with Crippen molar-refractivity contribution in [2.45, 2.75) is 51.1 Å². The van der Waals surface area contributed by atoms with E-state index in [1.807, 2.05) is 6.07 Å². The van der Waals surface area contributed by atoms with Crippen LogP contribution in [0.3, 0.4) is 0 Å². The van der Waals surface area contributed by atoms with Crippen LogP contribution >= 0.6 is 0 Å². The van der Waals surface area contributed by atoms with Crippen LogP contribution in [0.2, 0.25) is 0 Å². The van der Waals surface area contributed by atoms with Crippen molar-refractivity contribution in [1.82, 2.24) is 14.7 Å². The first kappa shape index (κ1) is 18.4. The molecule has 146 valence electrons. The maximum atomic E-state index is 13.0. The van der Waals surface area contributed by atoms with Crippen molar-refractivity contribution in [3.8, 4) is 0 Å². The van der Waals surface area contributed by atoms with Crippen LogP contribution < -0.4 is 0 Å². The molecule has 5 amide bonds. The van der Waals surface area contributed by atoms with Gasteiger partial charge in [-0.05, 0) is 44.1 Å². The molecule has 0 spiro atoms. The van der Waals surface area contributed by atoms with Gasteiger partial charge in [-0.25, -0.2) is 9.69 Å². The van der Waals surface area contributed by atoms with E-state index < -0.39 is 17.8 Å². The Morgan fingerprint density at radius 1 is 1.00 bits per heavy atom. The van der Waals surface area contributed by atoms with Gasteiger partial charge in [0.15, 0.2) is 0 Å². The molecule has 4 rings (SSSR count). The molecule has 1 aliphatic heterocycles. The van der Waals surface area contributed by atoms with Gasteiger partial charge in [-0.3, -0.25) is 19.3 Å². The monoisotopic (exact) mass is 381 g/mol. The quantitative estimate of drug-likeness (QED) is 0.560. The zero-order valence-corrected chi connectivity index (χ0v) is 15.7. The van der Waals surface area contributed by atoms with Crippen LogP contribution in [0.1, 0.15) is 44.1 Å². The molecule has 1 saturated heterocycles. The van der Waals surface area contributed by atoms with Crippen LogP contribution in [0, 0.1) is 0 Å². The summed E-state index contributed by atoms with van der Waals surface area (Å²) < 4.78 is 0. The van der Waals surface area contributed by atoms with E-state index in [9.17, 15) is 19.2 Å². The lowest BCUT2D eigenvalue weighted by Crippen LogP contribution is -2.44. The fourth-order valence-corrected chi connectivity index (χ4v) is 3.78. The molecule has 0 unspecified atom stereocenters. The SMILES string of the molecule is O=C1C(=O)N(Cc2ccccc2)C(=O)N1CC(=O)N(C1=CCCCC1)C1CC1. The highest BCUT2D eigenvalue weighted by molar-refractivity contribution is 6.44. The maximum Gasteiger partial charge on any atom is 0.335 e. The fourth-order valence-electron chi connectivity index (χ4n) is 3.78. The number of hydrogen-bond acceptors (Lipinski definition) is 4. The summed E-state index contributed by atoms with van der Waals surface area (Å²) in [4.78, 5) is 53.7. The summed E-state index contributed by atoms with van der Waals surface area (Å²) in [6, 6.07) is 8.43. The van der Waals surface area contributed by atoms with E-state index in [0.29, 0.717) is 0 Å². The van der Waals surface area contributed by atoms with E-state index >= 15 is 0 Å². The molecule has 0 aromatic heterocycles. The number of allylic oxidation sites excluding steroid dienone is 2. The first-order chi connectivity index (χ1) is 13.6. The minimum atomic E-state index is -0.928. The normalized spacial score (nSPS) is 19.9.